The van der Waals surface area contributed by atoms with Crippen molar-refractivity contribution in [1.29, 1.82) is 0 Å². The van der Waals surface area contributed by atoms with Gasteiger partial charge in [-0.15, -0.1) is 0 Å². The van der Waals surface area contributed by atoms with E-state index in [0.29, 0.717) is 13.1 Å². The van der Waals surface area contributed by atoms with Gasteiger partial charge in [-0.25, -0.2) is 4.79 Å². The number of allylic oxidation sites excluding steroid dienone is 3. The lowest BCUT2D eigenvalue weighted by atomic mass is 9.79. The zero-order chi connectivity index (χ0) is 24.4. The van der Waals surface area contributed by atoms with E-state index in [-0.39, 0.29) is 24.0 Å². The highest BCUT2D eigenvalue weighted by Gasteiger charge is 2.50. The van der Waals surface area contributed by atoms with Crippen LogP contribution in [0.3, 0.4) is 0 Å². The van der Waals surface area contributed by atoms with Crippen LogP contribution in [0.15, 0.2) is 54.1 Å². The highest BCUT2D eigenvalue weighted by molar-refractivity contribution is 5.94. The number of amides is 2. The van der Waals surface area contributed by atoms with E-state index in [4.69, 9.17) is 4.74 Å². The van der Waals surface area contributed by atoms with Crippen LogP contribution in [0.5, 0.6) is 0 Å². The first-order chi connectivity index (χ1) is 15.3. The highest BCUT2D eigenvalue weighted by atomic mass is 19.4. The van der Waals surface area contributed by atoms with Gasteiger partial charge in [0, 0.05) is 37.0 Å². The van der Waals surface area contributed by atoms with Crippen molar-refractivity contribution in [2.75, 3.05) is 19.6 Å². The van der Waals surface area contributed by atoms with Gasteiger partial charge in [-0.1, -0.05) is 48.6 Å². The van der Waals surface area contributed by atoms with Gasteiger partial charge in [0.15, 0.2) is 0 Å². The molecule has 1 saturated heterocycles. The fraction of sp³-hybridized carbons (Fsp3) is 0.520. The molecule has 33 heavy (non-hydrogen) atoms. The molecule has 1 fully saturated rings. The number of benzene rings is 1. The predicted octanol–water partition coefficient (Wildman–Crippen LogP) is 5.21. The molecule has 0 bridgehead atoms. The third-order valence-electron chi connectivity index (χ3n) is 6.10. The van der Waals surface area contributed by atoms with Gasteiger partial charge in [0.2, 0.25) is 5.91 Å². The van der Waals surface area contributed by atoms with E-state index in [0.717, 1.165) is 18.6 Å². The van der Waals surface area contributed by atoms with Crippen molar-refractivity contribution < 1.29 is 27.5 Å². The van der Waals surface area contributed by atoms with E-state index in [1.165, 1.54) is 12.2 Å². The molecule has 3 rings (SSSR count). The molecular formula is C25H31F3N2O3. The summed E-state index contributed by atoms with van der Waals surface area (Å²) < 4.78 is 45.7. The molecule has 1 heterocycles. The second kappa shape index (κ2) is 9.23. The van der Waals surface area contributed by atoms with E-state index in [1.54, 1.807) is 25.7 Å². The zero-order valence-electron chi connectivity index (χ0n) is 19.4. The molecule has 1 aliphatic carbocycles. The minimum absolute atomic E-state index is 0.0281. The van der Waals surface area contributed by atoms with Crippen molar-refractivity contribution >= 4 is 12.0 Å². The monoisotopic (exact) mass is 464 g/mol. The van der Waals surface area contributed by atoms with Crippen LogP contribution in [0.4, 0.5) is 18.0 Å². The summed E-state index contributed by atoms with van der Waals surface area (Å²) in [6, 6.07) is 9.68. The quantitative estimate of drug-likeness (QED) is 0.666. The summed E-state index contributed by atoms with van der Waals surface area (Å²) in [5, 5.41) is 2.80. The lowest BCUT2D eigenvalue weighted by molar-refractivity contribution is -0.199. The summed E-state index contributed by atoms with van der Waals surface area (Å²) in [6.45, 7) is 7.55. The molecule has 1 aromatic carbocycles. The molecule has 0 radical (unpaired) electrons. The van der Waals surface area contributed by atoms with Crippen LogP contribution in [0.2, 0.25) is 0 Å². The van der Waals surface area contributed by atoms with E-state index >= 15 is 0 Å². The van der Waals surface area contributed by atoms with Gasteiger partial charge in [0.1, 0.15) is 5.60 Å². The Hall–Kier alpha value is -2.77. The third kappa shape index (κ3) is 5.97. The van der Waals surface area contributed by atoms with Crippen LogP contribution < -0.4 is 5.32 Å². The summed E-state index contributed by atoms with van der Waals surface area (Å²) in [6.07, 6.45) is -1.46. The molecule has 1 N–H and O–H groups in total. The van der Waals surface area contributed by atoms with Crippen molar-refractivity contribution in [2.24, 2.45) is 11.3 Å². The van der Waals surface area contributed by atoms with Crippen LogP contribution in [0, 0.1) is 11.3 Å². The Kier molecular flexibility index (Phi) is 6.96. The predicted molar refractivity (Wildman–Crippen MR) is 119 cm³/mol. The smallest absolute Gasteiger partial charge is 0.410 e. The zero-order valence-corrected chi connectivity index (χ0v) is 19.4. The number of alkyl halides is 3. The first-order valence-electron chi connectivity index (χ1n) is 11.1. The molecule has 8 heteroatoms. The Balaban J connectivity index is 1.70. The third-order valence-corrected chi connectivity index (χ3v) is 6.10. The Morgan fingerprint density at radius 1 is 1.15 bits per heavy atom. The number of carbonyl (C=O) groups is 2. The lowest BCUT2D eigenvalue weighted by Crippen LogP contribution is -2.39. The minimum Gasteiger partial charge on any atom is -0.444 e. The summed E-state index contributed by atoms with van der Waals surface area (Å²) in [5.74, 6) is -0.644. The van der Waals surface area contributed by atoms with E-state index in [9.17, 15) is 22.8 Å². The van der Waals surface area contributed by atoms with Gasteiger partial charge >= 0.3 is 12.3 Å². The molecule has 0 aromatic heterocycles. The molecule has 1 aliphatic heterocycles. The second-order valence-corrected chi connectivity index (χ2v) is 10.0. The number of likely N-dealkylation sites (tertiary alicyclic amines) is 1. The van der Waals surface area contributed by atoms with Crippen molar-refractivity contribution in [3.05, 3.63) is 59.7 Å². The fourth-order valence-corrected chi connectivity index (χ4v) is 4.21. The van der Waals surface area contributed by atoms with Crippen LogP contribution in [0.1, 0.15) is 45.6 Å². The Morgan fingerprint density at radius 3 is 2.42 bits per heavy atom. The molecule has 3 atom stereocenters. The van der Waals surface area contributed by atoms with Gasteiger partial charge in [-0.2, -0.15) is 13.2 Å². The van der Waals surface area contributed by atoms with E-state index in [1.807, 2.05) is 30.3 Å². The van der Waals surface area contributed by atoms with Crippen molar-refractivity contribution in [3.8, 4) is 0 Å². The standard InChI is InChI=1S/C25H31F3N2O3/c1-23(2,3)33-22(32)30-15-19(20(16-30)17-9-6-5-7-10-17)14-29-21(31)18-11-8-12-24(4,13-18)25(26,27)28/h5-12,19-20H,13-16H2,1-4H3,(H,29,31)/t19-,20-,24+/m0/s1. The Morgan fingerprint density at radius 2 is 1.82 bits per heavy atom. The number of nitrogens with one attached hydrogen (secondary N) is 1. The molecule has 0 spiro atoms. The normalized spacial score (nSPS) is 25.5. The maximum Gasteiger partial charge on any atom is 0.410 e. The topological polar surface area (TPSA) is 58.6 Å². The van der Waals surface area contributed by atoms with Gasteiger partial charge in [0.25, 0.3) is 0 Å². The molecule has 5 nitrogen and oxygen atoms in total. The van der Waals surface area contributed by atoms with Gasteiger partial charge < -0.3 is 15.0 Å². The van der Waals surface area contributed by atoms with Crippen LogP contribution in [-0.4, -0.2) is 48.3 Å². The SMILES string of the molecule is CC(C)(C)OC(=O)N1C[C@H](CNC(=O)C2=CC=C[C@@](C)(C(F)(F)F)C2)[C@H](c2ccccc2)C1. The van der Waals surface area contributed by atoms with Crippen molar-refractivity contribution in [3.63, 3.8) is 0 Å². The van der Waals surface area contributed by atoms with E-state index in [2.05, 4.69) is 5.32 Å². The lowest BCUT2D eigenvalue weighted by Gasteiger charge is -2.31. The Bertz CT molecular complexity index is 934. The highest BCUT2D eigenvalue weighted by Crippen LogP contribution is 2.45. The minimum atomic E-state index is -4.44. The Labute approximate surface area is 192 Å². The number of nitrogens with zero attached hydrogens (tertiary/aromatic N) is 1. The number of carbonyl (C=O) groups excluding carboxylic acids is 2. The number of halogens is 3. The molecule has 2 aliphatic rings. The van der Waals surface area contributed by atoms with Crippen LogP contribution >= 0.6 is 0 Å². The summed E-state index contributed by atoms with van der Waals surface area (Å²) in [7, 11) is 0. The summed E-state index contributed by atoms with van der Waals surface area (Å²) in [5.41, 5.74) is -1.57. The average Bonchev–Trinajstić information content (AvgIpc) is 3.15. The number of hydrogen-bond acceptors (Lipinski definition) is 3. The number of hydrogen-bond donors (Lipinski definition) is 1. The summed E-state index contributed by atoms with van der Waals surface area (Å²) >= 11 is 0. The fourth-order valence-electron chi connectivity index (χ4n) is 4.21. The second-order valence-electron chi connectivity index (χ2n) is 10.0. The molecular weight excluding hydrogens is 433 g/mol. The molecule has 1 aromatic rings. The average molecular weight is 465 g/mol. The van der Waals surface area contributed by atoms with Gasteiger partial charge in [-0.3, -0.25) is 4.79 Å². The van der Waals surface area contributed by atoms with Crippen LogP contribution in [0.25, 0.3) is 0 Å². The summed E-state index contributed by atoms with van der Waals surface area (Å²) in [4.78, 5) is 27.0. The largest absolute Gasteiger partial charge is 0.444 e. The maximum absolute atomic E-state index is 13.4. The van der Waals surface area contributed by atoms with Gasteiger partial charge in [-0.05, 0) is 39.7 Å². The first kappa shape index (κ1) is 24.9. The van der Waals surface area contributed by atoms with Crippen molar-refractivity contribution in [2.45, 2.75) is 51.8 Å². The molecule has 0 saturated carbocycles. The van der Waals surface area contributed by atoms with Crippen molar-refractivity contribution in [1.82, 2.24) is 10.2 Å². The molecule has 0 unspecified atom stereocenters. The maximum atomic E-state index is 13.4. The molecule has 180 valence electrons. The van der Waals surface area contributed by atoms with E-state index < -0.39 is 35.6 Å². The van der Waals surface area contributed by atoms with Crippen LogP contribution in [-0.2, 0) is 9.53 Å². The van der Waals surface area contributed by atoms with Gasteiger partial charge in [0.05, 0.1) is 5.41 Å². The molecule has 2 amide bonds. The number of rotatable bonds is 4. The first-order valence-corrected chi connectivity index (χ1v) is 11.1. The number of ether oxygens (including phenoxy) is 1.